The highest BCUT2D eigenvalue weighted by atomic mass is 16.2. The summed E-state index contributed by atoms with van der Waals surface area (Å²) in [4.78, 5) is 31.3. The fourth-order valence-electron chi connectivity index (χ4n) is 3.03. The molecule has 0 unspecified atom stereocenters. The lowest BCUT2D eigenvalue weighted by Crippen LogP contribution is -2.53. The van der Waals surface area contributed by atoms with Crippen molar-refractivity contribution in [1.29, 1.82) is 0 Å². The number of benzene rings is 1. The van der Waals surface area contributed by atoms with Crippen LogP contribution in [0.5, 0.6) is 0 Å². The predicted octanol–water partition coefficient (Wildman–Crippen LogP) is 1.83. The van der Waals surface area contributed by atoms with Gasteiger partial charge in [0.1, 0.15) is 6.33 Å². The summed E-state index contributed by atoms with van der Waals surface area (Å²) in [6.45, 7) is 1.48. The van der Waals surface area contributed by atoms with Gasteiger partial charge in [-0.3, -0.25) is 10.2 Å². The van der Waals surface area contributed by atoms with Crippen LogP contribution in [-0.4, -0.2) is 39.5 Å². The van der Waals surface area contributed by atoms with Gasteiger partial charge in [0.2, 0.25) is 0 Å². The van der Waals surface area contributed by atoms with Crippen LogP contribution in [-0.2, 0) is 0 Å². The van der Waals surface area contributed by atoms with Crippen molar-refractivity contribution in [2.45, 2.75) is 19.3 Å². The normalized spacial score (nSPS) is 17.4. The van der Waals surface area contributed by atoms with E-state index in [1.54, 1.807) is 4.90 Å². The number of imidazole rings is 1. The third-order valence-electron chi connectivity index (χ3n) is 4.31. The topological polar surface area (TPSA) is 82.5 Å². The number of hydrazine groups is 2. The number of fused-ring (bicyclic) bond motifs is 1. The van der Waals surface area contributed by atoms with Gasteiger partial charge >= 0.3 is 6.03 Å². The van der Waals surface area contributed by atoms with E-state index in [4.69, 9.17) is 0 Å². The summed E-state index contributed by atoms with van der Waals surface area (Å²) in [5.74, 6) is 0.237. The number of carbonyl (C=O) groups is 2. The number of nitrogens with zero attached hydrogens (tertiary/aromatic N) is 4. The zero-order valence-corrected chi connectivity index (χ0v) is 13.1. The molecule has 2 aromatic rings. The number of hydrogen-bond donors (Lipinski definition) is 2. The number of nitrogens with one attached hydrogen (secondary N) is 2. The molecule has 1 saturated heterocycles. The molecule has 8 heteroatoms. The Labute approximate surface area is 139 Å². The Hall–Kier alpha value is -2.87. The van der Waals surface area contributed by atoms with E-state index in [9.17, 15) is 9.59 Å². The molecule has 2 N–H and O–H groups in total. The molecule has 0 aliphatic carbocycles. The molecule has 2 amide bonds. The Morgan fingerprint density at radius 1 is 1.08 bits per heavy atom. The van der Waals surface area contributed by atoms with Crippen LogP contribution in [0.15, 0.2) is 36.7 Å². The molecular formula is C16H18N6O2. The van der Waals surface area contributed by atoms with Crippen molar-refractivity contribution < 1.29 is 9.59 Å². The highest BCUT2D eigenvalue weighted by Gasteiger charge is 2.31. The largest absolute Gasteiger partial charge is 0.351 e. The third kappa shape index (κ3) is 2.41. The van der Waals surface area contributed by atoms with E-state index in [2.05, 4.69) is 15.9 Å². The second kappa shape index (κ2) is 5.97. The minimum atomic E-state index is -0.319. The number of carbonyl (C=O) groups excluding carboxylic acids is 2. The van der Waals surface area contributed by atoms with Gasteiger partial charge in [-0.05, 0) is 31.4 Å². The van der Waals surface area contributed by atoms with Gasteiger partial charge in [0.05, 0.1) is 5.69 Å². The van der Waals surface area contributed by atoms with E-state index in [0.29, 0.717) is 11.5 Å². The minimum absolute atomic E-state index is 0.140. The summed E-state index contributed by atoms with van der Waals surface area (Å²) >= 11 is 0. The zero-order chi connectivity index (χ0) is 16.5. The predicted molar refractivity (Wildman–Crippen MR) is 88.5 cm³/mol. The molecule has 124 valence electrons. The number of rotatable bonds is 2. The van der Waals surface area contributed by atoms with Crippen LogP contribution in [0.2, 0.25) is 0 Å². The van der Waals surface area contributed by atoms with Crippen LogP contribution in [0.1, 0.15) is 29.8 Å². The van der Waals surface area contributed by atoms with Gasteiger partial charge in [-0.15, -0.1) is 5.53 Å². The van der Waals surface area contributed by atoms with Gasteiger partial charge < -0.3 is 4.90 Å². The summed E-state index contributed by atoms with van der Waals surface area (Å²) < 4.78 is 1.35. The van der Waals surface area contributed by atoms with Crippen molar-refractivity contribution in [3.05, 3.63) is 42.4 Å². The molecule has 4 rings (SSSR count). The van der Waals surface area contributed by atoms with Crippen molar-refractivity contribution in [3.63, 3.8) is 0 Å². The van der Waals surface area contributed by atoms with Crippen LogP contribution in [0, 0.1) is 0 Å². The van der Waals surface area contributed by atoms with Gasteiger partial charge in [0.25, 0.3) is 5.91 Å². The standard InChI is InChI=1S/C16H18N6O2/c23-15(20-9-5-2-6-10-20)13-14-18-19-22(12-7-3-1-4-8-12)16(24)21(14)11-17-13/h1,3-4,7-8,11,18-19H,2,5-6,9-10H2. The molecule has 0 atom stereocenters. The lowest BCUT2D eigenvalue weighted by Gasteiger charge is -2.30. The van der Waals surface area contributed by atoms with E-state index in [-0.39, 0.29) is 17.6 Å². The zero-order valence-electron chi connectivity index (χ0n) is 13.1. The van der Waals surface area contributed by atoms with Gasteiger partial charge in [0.15, 0.2) is 11.5 Å². The Morgan fingerprint density at radius 3 is 2.58 bits per heavy atom. The maximum atomic E-state index is 12.7. The molecule has 0 radical (unpaired) electrons. The number of amides is 2. The number of likely N-dealkylation sites (tertiary alicyclic amines) is 1. The highest BCUT2D eigenvalue weighted by molar-refractivity contribution is 6.02. The Morgan fingerprint density at radius 2 is 1.83 bits per heavy atom. The van der Waals surface area contributed by atoms with Crippen LogP contribution < -0.4 is 16.0 Å². The summed E-state index contributed by atoms with van der Waals surface area (Å²) in [5, 5.41) is 1.36. The first-order valence-corrected chi connectivity index (χ1v) is 8.03. The second-order valence-corrected chi connectivity index (χ2v) is 5.85. The molecule has 0 saturated carbocycles. The maximum absolute atomic E-state index is 12.7. The molecule has 2 aliphatic heterocycles. The van der Waals surface area contributed by atoms with E-state index in [1.165, 1.54) is 15.9 Å². The van der Waals surface area contributed by atoms with Crippen LogP contribution >= 0.6 is 0 Å². The fraction of sp³-hybridized carbons (Fsp3) is 0.312. The van der Waals surface area contributed by atoms with E-state index in [0.717, 1.165) is 32.4 Å². The lowest BCUT2D eigenvalue weighted by atomic mass is 10.1. The van der Waals surface area contributed by atoms with Crippen molar-refractivity contribution in [1.82, 2.24) is 20.0 Å². The third-order valence-corrected chi connectivity index (χ3v) is 4.31. The van der Waals surface area contributed by atoms with E-state index < -0.39 is 0 Å². The minimum Gasteiger partial charge on any atom is -0.337 e. The lowest BCUT2D eigenvalue weighted by molar-refractivity contribution is 0.0720. The Bertz CT molecular complexity index is 766. The molecular weight excluding hydrogens is 308 g/mol. The molecule has 0 spiro atoms. The molecule has 1 aromatic heterocycles. The van der Waals surface area contributed by atoms with E-state index in [1.807, 2.05) is 30.3 Å². The molecule has 2 aliphatic rings. The number of piperidine rings is 1. The molecule has 1 fully saturated rings. The Kier molecular flexibility index (Phi) is 3.66. The maximum Gasteiger partial charge on any atom is 0.351 e. The SMILES string of the molecule is O=C(c1ncn2c1NNN(c1ccccc1)C2=O)N1CCCCC1. The molecule has 8 nitrogen and oxygen atoms in total. The monoisotopic (exact) mass is 326 g/mol. The number of aromatic nitrogens is 2. The van der Waals surface area contributed by atoms with E-state index >= 15 is 0 Å². The van der Waals surface area contributed by atoms with Crippen molar-refractivity contribution in [2.75, 3.05) is 23.5 Å². The summed E-state index contributed by atoms with van der Waals surface area (Å²) in [7, 11) is 0. The quantitative estimate of drug-likeness (QED) is 0.880. The summed E-state index contributed by atoms with van der Waals surface area (Å²) in [6.07, 6.45) is 4.55. The highest BCUT2D eigenvalue weighted by Crippen LogP contribution is 2.23. The van der Waals surface area contributed by atoms with Crippen LogP contribution in [0.3, 0.4) is 0 Å². The van der Waals surface area contributed by atoms with Gasteiger partial charge in [-0.1, -0.05) is 18.2 Å². The van der Waals surface area contributed by atoms with Crippen molar-refractivity contribution in [2.24, 2.45) is 0 Å². The summed E-state index contributed by atoms with van der Waals surface area (Å²) in [6, 6.07) is 8.88. The molecule has 3 heterocycles. The summed E-state index contributed by atoms with van der Waals surface area (Å²) in [5.41, 5.74) is 6.71. The van der Waals surface area contributed by atoms with Gasteiger partial charge in [-0.2, -0.15) is 0 Å². The fourth-order valence-corrected chi connectivity index (χ4v) is 3.03. The number of hydrogen-bond acceptors (Lipinski definition) is 5. The molecule has 1 aromatic carbocycles. The van der Waals surface area contributed by atoms with Crippen LogP contribution in [0.25, 0.3) is 0 Å². The average Bonchev–Trinajstić information content (AvgIpc) is 3.08. The van der Waals surface area contributed by atoms with Crippen LogP contribution in [0.4, 0.5) is 16.3 Å². The van der Waals surface area contributed by atoms with Crippen molar-refractivity contribution in [3.8, 4) is 0 Å². The first kappa shape index (κ1) is 14.7. The number of para-hydroxylation sites is 1. The smallest absolute Gasteiger partial charge is 0.337 e. The first-order valence-electron chi connectivity index (χ1n) is 8.03. The van der Waals surface area contributed by atoms with Gasteiger partial charge in [0, 0.05) is 13.1 Å². The van der Waals surface area contributed by atoms with Crippen molar-refractivity contribution >= 4 is 23.4 Å². The number of anilines is 2. The van der Waals surface area contributed by atoms with Gasteiger partial charge in [-0.25, -0.2) is 19.4 Å². The second-order valence-electron chi connectivity index (χ2n) is 5.85. The first-order chi connectivity index (χ1) is 11.8. The average molecular weight is 326 g/mol. The molecule has 24 heavy (non-hydrogen) atoms. The Balaban J connectivity index is 1.61. The molecule has 0 bridgehead atoms.